The molecule has 0 amide bonds. The predicted octanol–water partition coefficient (Wildman–Crippen LogP) is 4.36. The van der Waals surface area contributed by atoms with Crippen LogP contribution in [0.5, 0.6) is 0 Å². The minimum absolute atomic E-state index is 0.757. The minimum atomic E-state index is -0.929. The fraction of sp³-hybridized carbons (Fsp3) is 0.833. The summed E-state index contributed by atoms with van der Waals surface area (Å²) in [5.74, 6) is 0. The van der Waals surface area contributed by atoms with E-state index < -0.39 is 8.07 Å². The molecule has 1 heteroatoms. The molecule has 0 radical (unpaired) electrons. The molecule has 2 aliphatic rings. The molecule has 2 aliphatic carbocycles. The van der Waals surface area contributed by atoms with Crippen molar-refractivity contribution in [3.63, 3.8) is 0 Å². The van der Waals surface area contributed by atoms with E-state index in [4.69, 9.17) is 0 Å². The molecule has 0 saturated heterocycles. The predicted molar refractivity (Wildman–Crippen MR) is 61.8 cm³/mol. The van der Waals surface area contributed by atoms with Crippen molar-refractivity contribution < 1.29 is 0 Å². The maximum Gasteiger partial charge on any atom is 0.0552 e. The lowest BCUT2D eigenvalue weighted by Gasteiger charge is -2.33. The molecule has 0 aromatic carbocycles. The third kappa shape index (κ3) is 1.52. The Kier molecular flexibility index (Phi) is 2.18. The fourth-order valence-corrected chi connectivity index (χ4v) is 5.77. The molecule has 1 saturated carbocycles. The van der Waals surface area contributed by atoms with Crippen LogP contribution < -0.4 is 0 Å². The highest BCUT2D eigenvalue weighted by Crippen LogP contribution is 2.67. The SMILES string of the molecule is C[Si](C)(C)C1(C2=CCCCC2)CC1. The Balaban J connectivity index is 2.19. The second-order valence-corrected chi connectivity index (χ2v) is 11.3. The molecule has 1 fully saturated rings. The molecule has 0 unspecified atom stereocenters. The van der Waals surface area contributed by atoms with Crippen LogP contribution in [0.2, 0.25) is 24.7 Å². The van der Waals surface area contributed by atoms with E-state index in [0.717, 1.165) is 5.04 Å². The molecule has 2 rings (SSSR count). The van der Waals surface area contributed by atoms with Crippen LogP contribution in [-0.4, -0.2) is 8.07 Å². The normalized spacial score (nSPS) is 26.8. The monoisotopic (exact) mass is 194 g/mol. The topological polar surface area (TPSA) is 0 Å². The summed E-state index contributed by atoms with van der Waals surface area (Å²) in [4.78, 5) is 0. The lowest BCUT2D eigenvalue weighted by atomic mass is 9.96. The maximum atomic E-state index is 2.58. The van der Waals surface area contributed by atoms with Crippen molar-refractivity contribution in [3.8, 4) is 0 Å². The third-order valence-electron chi connectivity index (χ3n) is 4.09. The van der Waals surface area contributed by atoms with Gasteiger partial charge in [0.15, 0.2) is 0 Å². The zero-order valence-electron chi connectivity index (χ0n) is 9.32. The van der Waals surface area contributed by atoms with Crippen LogP contribution in [0, 0.1) is 0 Å². The van der Waals surface area contributed by atoms with E-state index >= 15 is 0 Å². The zero-order chi connectivity index (χ0) is 9.53. The first-order chi connectivity index (χ1) is 6.06. The molecule has 0 bridgehead atoms. The minimum Gasteiger partial charge on any atom is -0.0851 e. The third-order valence-corrected chi connectivity index (χ3v) is 7.78. The van der Waals surface area contributed by atoms with Crippen molar-refractivity contribution in [2.24, 2.45) is 0 Å². The molecular formula is C12H22Si. The van der Waals surface area contributed by atoms with Gasteiger partial charge in [-0.1, -0.05) is 31.3 Å². The molecule has 0 aromatic rings. The van der Waals surface area contributed by atoms with Gasteiger partial charge < -0.3 is 0 Å². The summed E-state index contributed by atoms with van der Waals surface area (Å²) >= 11 is 0. The average molecular weight is 194 g/mol. The van der Waals surface area contributed by atoms with Crippen LogP contribution in [0.25, 0.3) is 0 Å². The molecule has 0 nitrogen and oxygen atoms in total. The van der Waals surface area contributed by atoms with E-state index in [1.54, 1.807) is 0 Å². The van der Waals surface area contributed by atoms with Crippen molar-refractivity contribution >= 4 is 8.07 Å². The van der Waals surface area contributed by atoms with Crippen molar-refractivity contribution in [2.75, 3.05) is 0 Å². The second kappa shape index (κ2) is 2.98. The largest absolute Gasteiger partial charge is 0.0851 e. The number of allylic oxidation sites excluding steroid dienone is 2. The van der Waals surface area contributed by atoms with Crippen LogP contribution in [0.15, 0.2) is 11.6 Å². The van der Waals surface area contributed by atoms with Gasteiger partial charge in [-0.2, -0.15) is 0 Å². The Morgan fingerprint density at radius 1 is 1.15 bits per heavy atom. The molecular weight excluding hydrogens is 172 g/mol. The molecule has 0 heterocycles. The number of rotatable bonds is 2. The summed E-state index contributed by atoms with van der Waals surface area (Å²) in [7, 11) is -0.929. The van der Waals surface area contributed by atoms with Gasteiger partial charge in [-0.3, -0.25) is 0 Å². The first-order valence-corrected chi connectivity index (χ1v) is 9.26. The standard InChI is InChI=1S/C12H22Si/c1-13(2,3)12(9-10-12)11-7-5-4-6-8-11/h7H,4-6,8-10H2,1-3H3. The zero-order valence-corrected chi connectivity index (χ0v) is 10.3. The van der Waals surface area contributed by atoms with Crippen LogP contribution >= 0.6 is 0 Å². The Bertz CT molecular complexity index is 228. The Hall–Kier alpha value is -0.0431. The van der Waals surface area contributed by atoms with Gasteiger partial charge in [0.25, 0.3) is 0 Å². The molecule has 0 spiro atoms. The lowest BCUT2D eigenvalue weighted by Crippen LogP contribution is -2.31. The summed E-state index contributed by atoms with van der Waals surface area (Å²) in [6.07, 6.45) is 11.3. The van der Waals surface area contributed by atoms with Crippen LogP contribution in [0.4, 0.5) is 0 Å². The molecule has 0 aliphatic heterocycles. The highest BCUT2D eigenvalue weighted by molar-refractivity contribution is 6.80. The van der Waals surface area contributed by atoms with Crippen molar-refractivity contribution in [3.05, 3.63) is 11.6 Å². The van der Waals surface area contributed by atoms with Gasteiger partial charge in [-0.25, -0.2) is 0 Å². The van der Waals surface area contributed by atoms with E-state index in [0.29, 0.717) is 0 Å². The average Bonchev–Trinajstić information content (AvgIpc) is 2.84. The first-order valence-electron chi connectivity index (χ1n) is 5.76. The summed E-state index contributed by atoms with van der Waals surface area (Å²) < 4.78 is 0. The van der Waals surface area contributed by atoms with E-state index in [1.165, 1.54) is 38.5 Å². The van der Waals surface area contributed by atoms with Gasteiger partial charge in [0.05, 0.1) is 8.07 Å². The highest BCUT2D eigenvalue weighted by Gasteiger charge is 2.54. The van der Waals surface area contributed by atoms with Gasteiger partial charge in [-0.05, 0) is 43.6 Å². The second-order valence-electron chi connectivity index (χ2n) is 5.81. The van der Waals surface area contributed by atoms with Gasteiger partial charge in [0, 0.05) is 0 Å². The van der Waals surface area contributed by atoms with Crippen LogP contribution in [-0.2, 0) is 0 Å². The quantitative estimate of drug-likeness (QED) is 0.452. The fourth-order valence-electron chi connectivity index (χ4n) is 2.95. The molecule has 0 N–H and O–H groups in total. The molecule has 74 valence electrons. The van der Waals surface area contributed by atoms with E-state index in [1.807, 2.05) is 5.57 Å². The summed E-state index contributed by atoms with van der Waals surface area (Å²) in [5, 5.41) is 0.757. The van der Waals surface area contributed by atoms with Gasteiger partial charge in [-0.15, -0.1) is 0 Å². The van der Waals surface area contributed by atoms with E-state index in [2.05, 4.69) is 25.7 Å². The van der Waals surface area contributed by atoms with Crippen molar-refractivity contribution in [2.45, 2.75) is 63.2 Å². The molecule has 0 atom stereocenters. The Labute approximate surface area is 83.4 Å². The van der Waals surface area contributed by atoms with Crippen molar-refractivity contribution in [1.82, 2.24) is 0 Å². The highest BCUT2D eigenvalue weighted by atomic mass is 28.3. The van der Waals surface area contributed by atoms with Crippen LogP contribution in [0.3, 0.4) is 0 Å². The number of hydrogen-bond donors (Lipinski definition) is 0. The molecule has 13 heavy (non-hydrogen) atoms. The summed E-state index contributed by atoms with van der Waals surface area (Å²) in [6, 6.07) is 0. The van der Waals surface area contributed by atoms with Gasteiger partial charge in [0.2, 0.25) is 0 Å². The van der Waals surface area contributed by atoms with Crippen LogP contribution in [0.1, 0.15) is 38.5 Å². The molecule has 0 aromatic heterocycles. The van der Waals surface area contributed by atoms with E-state index in [-0.39, 0.29) is 0 Å². The van der Waals surface area contributed by atoms with Gasteiger partial charge >= 0.3 is 0 Å². The number of hydrogen-bond acceptors (Lipinski definition) is 0. The smallest absolute Gasteiger partial charge is 0.0552 e. The van der Waals surface area contributed by atoms with Gasteiger partial charge in [0.1, 0.15) is 0 Å². The lowest BCUT2D eigenvalue weighted by molar-refractivity contribution is 0.668. The summed E-state index contributed by atoms with van der Waals surface area (Å²) in [5.41, 5.74) is 1.86. The maximum absolute atomic E-state index is 2.58. The first kappa shape index (κ1) is 9.51. The summed E-state index contributed by atoms with van der Waals surface area (Å²) in [6.45, 7) is 7.65. The Morgan fingerprint density at radius 2 is 1.85 bits per heavy atom. The van der Waals surface area contributed by atoms with Crippen molar-refractivity contribution in [1.29, 1.82) is 0 Å². The Morgan fingerprint density at radius 3 is 2.23 bits per heavy atom. The van der Waals surface area contributed by atoms with E-state index in [9.17, 15) is 0 Å².